The Morgan fingerprint density at radius 1 is 1.47 bits per heavy atom. The lowest BCUT2D eigenvalue weighted by Crippen LogP contribution is -2.34. The Hall–Kier alpha value is -1.30. The van der Waals surface area contributed by atoms with Crippen LogP contribution in [0.2, 0.25) is 0 Å². The molecule has 0 aliphatic rings. The van der Waals surface area contributed by atoms with E-state index in [0.717, 1.165) is 11.5 Å². The summed E-state index contributed by atoms with van der Waals surface area (Å²) in [5.41, 5.74) is 0.345. The van der Waals surface area contributed by atoms with Crippen LogP contribution in [0.25, 0.3) is 0 Å². The SMILES string of the molecule is CCSCC(C)NC(=O)c1cnc(NC)cn1. The molecule has 0 fully saturated rings. The highest BCUT2D eigenvalue weighted by Crippen LogP contribution is 2.03. The molecule has 1 unspecified atom stereocenters. The Morgan fingerprint density at radius 3 is 2.76 bits per heavy atom. The summed E-state index contributed by atoms with van der Waals surface area (Å²) in [6, 6.07) is 0.137. The minimum absolute atomic E-state index is 0.137. The van der Waals surface area contributed by atoms with Gasteiger partial charge in [-0.3, -0.25) is 4.79 Å². The van der Waals surface area contributed by atoms with Crippen molar-refractivity contribution >= 4 is 23.5 Å². The van der Waals surface area contributed by atoms with Gasteiger partial charge >= 0.3 is 0 Å². The quantitative estimate of drug-likeness (QED) is 0.803. The summed E-state index contributed by atoms with van der Waals surface area (Å²) in [5, 5.41) is 5.74. The second-order valence-electron chi connectivity index (χ2n) is 3.57. The fourth-order valence-corrected chi connectivity index (χ4v) is 1.88. The molecule has 0 saturated carbocycles. The predicted octanol–water partition coefficient (Wildman–Crippen LogP) is 1.39. The topological polar surface area (TPSA) is 66.9 Å². The Kier molecular flexibility index (Phi) is 5.76. The van der Waals surface area contributed by atoms with Gasteiger partial charge in [0.05, 0.1) is 12.4 Å². The molecule has 1 atom stereocenters. The van der Waals surface area contributed by atoms with Crippen LogP contribution in [0.3, 0.4) is 0 Å². The predicted molar refractivity (Wildman–Crippen MR) is 71.5 cm³/mol. The Labute approximate surface area is 106 Å². The van der Waals surface area contributed by atoms with Crippen LogP contribution in [0.1, 0.15) is 24.3 Å². The summed E-state index contributed by atoms with van der Waals surface area (Å²) in [5.74, 6) is 2.43. The molecule has 0 saturated heterocycles. The average Bonchev–Trinajstić information content (AvgIpc) is 2.36. The number of nitrogens with zero attached hydrogens (tertiary/aromatic N) is 2. The standard InChI is InChI=1S/C11H18N4OS/c1-4-17-7-8(2)15-11(16)9-5-14-10(12-3)6-13-9/h5-6,8H,4,7H2,1-3H3,(H,12,14)(H,15,16). The van der Waals surface area contributed by atoms with Crippen molar-refractivity contribution in [1.29, 1.82) is 0 Å². The maximum Gasteiger partial charge on any atom is 0.271 e. The second-order valence-corrected chi connectivity index (χ2v) is 4.89. The highest BCUT2D eigenvalue weighted by Gasteiger charge is 2.11. The summed E-state index contributed by atoms with van der Waals surface area (Å²) >= 11 is 1.80. The largest absolute Gasteiger partial charge is 0.372 e. The maximum atomic E-state index is 11.8. The molecule has 0 aliphatic carbocycles. The minimum Gasteiger partial charge on any atom is -0.372 e. The minimum atomic E-state index is -0.177. The summed E-state index contributed by atoms with van der Waals surface area (Å²) in [4.78, 5) is 19.9. The van der Waals surface area contributed by atoms with Gasteiger partial charge in [-0.25, -0.2) is 9.97 Å². The fourth-order valence-electron chi connectivity index (χ4n) is 1.21. The van der Waals surface area contributed by atoms with E-state index in [9.17, 15) is 4.79 Å². The number of aromatic nitrogens is 2. The van der Waals surface area contributed by atoms with Gasteiger partial charge in [0, 0.05) is 18.8 Å². The number of carbonyl (C=O) groups excluding carboxylic acids is 1. The van der Waals surface area contributed by atoms with Gasteiger partial charge in [0.2, 0.25) is 0 Å². The first-order chi connectivity index (χ1) is 8.17. The molecule has 0 bridgehead atoms. The smallest absolute Gasteiger partial charge is 0.271 e. The maximum absolute atomic E-state index is 11.8. The number of nitrogens with one attached hydrogen (secondary N) is 2. The Balaban J connectivity index is 2.51. The summed E-state index contributed by atoms with van der Waals surface area (Å²) in [6.45, 7) is 4.08. The molecule has 1 aromatic rings. The van der Waals surface area contributed by atoms with E-state index in [1.165, 1.54) is 6.20 Å². The summed E-state index contributed by atoms with van der Waals surface area (Å²) < 4.78 is 0. The van der Waals surface area contributed by atoms with Gasteiger partial charge in [0.25, 0.3) is 5.91 Å². The van der Waals surface area contributed by atoms with Crippen molar-refractivity contribution in [1.82, 2.24) is 15.3 Å². The van der Waals surface area contributed by atoms with Gasteiger partial charge in [0.1, 0.15) is 11.5 Å². The van der Waals surface area contributed by atoms with Gasteiger partial charge < -0.3 is 10.6 Å². The Morgan fingerprint density at radius 2 is 2.24 bits per heavy atom. The number of carbonyl (C=O) groups is 1. The van der Waals surface area contributed by atoms with Crippen molar-refractivity contribution in [2.75, 3.05) is 23.9 Å². The lowest BCUT2D eigenvalue weighted by Gasteiger charge is -2.12. The third kappa shape index (κ3) is 4.60. The van der Waals surface area contributed by atoms with Crippen LogP contribution in [0.4, 0.5) is 5.82 Å². The molecule has 94 valence electrons. The van der Waals surface area contributed by atoms with Crippen molar-refractivity contribution in [3.8, 4) is 0 Å². The van der Waals surface area contributed by atoms with Gasteiger partial charge in [-0.1, -0.05) is 6.92 Å². The summed E-state index contributed by atoms with van der Waals surface area (Å²) in [7, 11) is 1.76. The number of anilines is 1. The third-order valence-electron chi connectivity index (χ3n) is 2.09. The average molecular weight is 254 g/mol. The third-order valence-corrected chi connectivity index (χ3v) is 3.23. The molecule has 5 nitrogen and oxygen atoms in total. The molecule has 17 heavy (non-hydrogen) atoms. The number of hydrogen-bond donors (Lipinski definition) is 2. The molecular weight excluding hydrogens is 236 g/mol. The second kappa shape index (κ2) is 7.11. The molecular formula is C11H18N4OS. The van der Waals surface area contributed by atoms with Crippen LogP contribution >= 0.6 is 11.8 Å². The zero-order valence-electron chi connectivity index (χ0n) is 10.4. The van der Waals surface area contributed by atoms with Gasteiger partial charge in [-0.05, 0) is 12.7 Å². The molecule has 0 aliphatic heterocycles. The zero-order chi connectivity index (χ0) is 12.7. The lowest BCUT2D eigenvalue weighted by molar-refractivity contribution is 0.0938. The van der Waals surface area contributed by atoms with E-state index in [1.807, 2.05) is 6.92 Å². The first kappa shape index (κ1) is 13.8. The van der Waals surface area contributed by atoms with Crippen molar-refractivity contribution in [3.63, 3.8) is 0 Å². The van der Waals surface area contributed by atoms with Crippen LogP contribution < -0.4 is 10.6 Å². The van der Waals surface area contributed by atoms with Crippen molar-refractivity contribution < 1.29 is 4.79 Å². The zero-order valence-corrected chi connectivity index (χ0v) is 11.2. The Bertz CT molecular complexity index is 355. The molecule has 1 rings (SSSR count). The monoisotopic (exact) mass is 254 g/mol. The number of amides is 1. The molecule has 1 aromatic heterocycles. The van der Waals surface area contributed by atoms with Gasteiger partial charge in [0.15, 0.2) is 0 Å². The van der Waals surface area contributed by atoms with Crippen molar-refractivity contribution in [2.24, 2.45) is 0 Å². The van der Waals surface area contributed by atoms with Crippen molar-refractivity contribution in [3.05, 3.63) is 18.1 Å². The number of hydrogen-bond acceptors (Lipinski definition) is 5. The van der Waals surface area contributed by atoms with E-state index < -0.39 is 0 Å². The van der Waals surface area contributed by atoms with Crippen LogP contribution in [0.5, 0.6) is 0 Å². The van der Waals surface area contributed by atoms with Crippen LogP contribution in [0.15, 0.2) is 12.4 Å². The number of thioether (sulfide) groups is 1. The molecule has 6 heteroatoms. The number of rotatable bonds is 6. The fraction of sp³-hybridized carbons (Fsp3) is 0.545. The molecule has 1 heterocycles. The molecule has 0 spiro atoms. The highest BCUT2D eigenvalue weighted by molar-refractivity contribution is 7.99. The van der Waals surface area contributed by atoms with E-state index in [4.69, 9.17) is 0 Å². The molecule has 1 amide bonds. The van der Waals surface area contributed by atoms with Crippen molar-refractivity contribution in [2.45, 2.75) is 19.9 Å². The van der Waals surface area contributed by atoms with E-state index in [-0.39, 0.29) is 11.9 Å². The van der Waals surface area contributed by atoms with Crippen LogP contribution in [-0.2, 0) is 0 Å². The summed E-state index contributed by atoms with van der Waals surface area (Å²) in [6.07, 6.45) is 3.02. The van der Waals surface area contributed by atoms with E-state index in [0.29, 0.717) is 11.5 Å². The molecule has 0 aromatic carbocycles. The lowest BCUT2D eigenvalue weighted by atomic mass is 10.3. The first-order valence-electron chi connectivity index (χ1n) is 5.55. The first-order valence-corrected chi connectivity index (χ1v) is 6.71. The highest BCUT2D eigenvalue weighted by atomic mass is 32.2. The van der Waals surface area contributed by atoms with Gasteiger partial charge in [-0.2, -0.15) is 11.8 Å². The van der Waals surface area contributed by atoms with Crippen LogP contribution in [0, 0.1) is 0 Å². The normalized spacial score (nSPS) is 11.9. The van der Waals surface area contributed by atoms with Crippen LogP contribution in [-0.4, -0.2) is 40.5 Å². The van der Waals surface area contributed by atoms with E-state index in [2.05, 4.69) is 27.5 Å². The van der Waals surface area contributed by atoms with E-state index >= 15 is 0 Å². The molecule has 2 N–H and O–H groups in total. The van der Waals surface area contributed by atoms with E-state index in [1.54, 1.807) is 25.0 Å². The molecule has 0 radical (unpaired) electrons. The van der Waals surface area contributed by atoms with Gasteiger partial charge in [-0.15, -0.1) is 0 Å².